The van der Waals surface area contributed by atoms with E-state index in [1.807, 2.05) is 0 Å². The Kier molecular flexibility index (Phi) is 5.87. The molecule has 1 atom stereocenters. The molecular weight excluding hydrogens is 316 g/mol. The van der Waals surface area contributed by atoms with E-state index in [0.29, 0.717) is 12.1 Å². The molecule has 0 saturated carbocycles. The van der Waals surface area contributed by atoms with E-state index in [4.69, 9.17) is 4.74 Å². The smallest absolute Gasteiger partial charge is 0.0485 e. The van der Waals surface area contributed by atoms with Crippen molar-refractivity contribution in [2.24, 2.45) is 0 Å². The Morgan fingerprint density at radius 2 is 2.10 bits per heavy atom. The van der Waals surface area contributed by atoms with E-state index in [1.54, 1.807) is 0 Å². The van der Waals surface area contributed by atoms with Gasteiger partial charge in [0.2, 0.25) is 0 Å². The lowest BCUT2D eigenvalue weighted by atomic mass is 10.0. The zero-order valence-corrected chi connectivity index (χ0v) is 14.2. The second-order valence-electron chi connectivity index (χ2n) is 5.44. The summed E-state index contributed by atoms with van der Waals surface area (Å²) < 4.78 is 6.61. The second kappa shape index (κ2) is 7.43. The minimum atomic E-state index is 0.356. The van der Waals surface area contributed by atoms with Gasteiger partial charge in [0.15, 0.2) is 0 Å². The van der Waals surface area contributed by atoms with Crippen LogP contribution in [-0.2, 0) is 4.74 Å². The predicted octanol–water partition coefficient (Wildman–Crippen LogP) is 3.73. The standard InChI is InChI=1S/C16H25BrN2O/c1-4-18-12(2)15-11-13(17)5-6-16(15)19(3)14-7-9-20-10-8-14/h5-6,11-12,14,18H,4,7-10H2,1-3H3. The quantitative estimate of drug-likeness (QED) is 0.883. The summed E-state index contributed by atoms with van der Waals surface area (Å²) in [5.41, 5.74) is 2.68. The molecule has 1 heterocycles. The van der Waals surface area contributed by atoms with E-state index < -0.39 is 0 Å². The molecule has 0 aromatic heterocycles. The largest absolute Gasteiger partial charge is 0.381 e. The highest BCUT2D eigenvalue weighted by Crippen LogP contribution is 2.31. The number of rotatable bonds is 5. The average Bonchev–Trinajstić information content (AvgIpc) is 2.47. The fourth-order valence-electron chi connectivity index (χ4n) is 2.88. The minimum Gasteiger partial charge on any atom is -0.381 e. The summed E-state index contributed by atoms with van der Waals surface area (Å²) >= 11 is 3.59. The zero-order valence-electron chi connectivity index (χ0n) is 12.7. The molecule has 20 heavy (non-hydrogen) atoms. The van der Waals surface area contributed by atoms with Crippen molar-refractivity contribution in [2.45, 2.75) is 38.8 Å². The van der Waals surface area contributed by atoms with Gasteiger partial charge in [0.05, 0.1) is 0 Å². The third-order valence-corrected chi connectivity index (χ3v) is 4.58. The van der Waals surface area contributed by atoms with Crippen LogP contribution in [0.3, 0.4) is 0 Å². The van der Waals surface area contributed by atoms with Crippen LogP contribution >= 0.6 is 15.9 Å². The molecule has 1 unspecified atom stereocenters. The lowest BCUT2D eigenvalue weighted by Crippen LogP contribution is -2.37. The molecule has 0 bridgehead atoms. The van der Waals surface area contributed by atoms with Gasteiger partial charge in [-0.25, -0.2) is 0 Å². The van der Waals surface area contributed by atoms with Gasteiger partial charge in [-0.1, -0.05) is 22.9 Å². The summed E-state index contributed by atoms with van der Waals surface area (Å²) in [5.74, 6) is 0. The van der Waals surface area contributed by atoms with Crippen LogP contribution in [0, 0.1) is 0 Å². The molecule has 1 fully saturated rings. The molecule has 0 amide bonds. The van der Waals surface area contributed by atoms with E-state index in [2.05, 4.69) is 65.2 Å². The molecule has 1 N–H and O–H groups in total. The summed E-state index contributed by atoms with van der Waals surface area (Å²) in [6, 6.07) is 7.53. The second-order valence-corrected chi connectivity index (χ2v) is 6.35. The molecule has 1 aromatic carbocycles. The van der Waals surface area contributed by atoms with E-state index in [1.165, 1.54) is 11.3 Å². The zero-order chi connectivity index (χ0) is 14.5. The van der Waals surface area contributed by atoms with E-state index in [-0.39, 0.29) is 0 Å². The van der Waals surface area contributed by atoms with Gasteiger partial charge in [-0.3, -0.25) is 0 Å². The monoisotopic (exact) mass is 340 g/mol. The van der Waals surface area contributed by atoms with Crippen LogP contribution in [0.1, 0.15) is 38.3 Å². The van der Waals surface area contributed by atoms with E-state index >= 15 is 0 Å². The Bertz CT molecular complexity index is 432. The molecular formula is C16H25BrN2O. The molecule has 0 spiro atoms. The van der Waals surface area contributed by atoms with Crippen molar-refractivity contribution >= 4 is 21.6 Å². The van der Waals surface area contributed by atoms with Gasteiger partial charge in [0.1, 0.15) is 0 Å². The third-order valence-electron chi connectivity index (χ3n) is 4.08. The summed E-state index contributed by atoms with van der Waals surface area (Å²) in [5, 5.41) is 3.51. The summed E-state index contributed by atoms with van der Waals surface area (Å²) in [6.07, 6.45) is 2.23. The summed E-state index contributed by atoms with van der Waals surface area (Å²) in [6.45, 7) is 7.12. The number of anilines is 1. The highest BCUT2D eigenvalue weighted by Gasteiger charge is 2.22. The number of halogens is 1. The molecule has 1 saturated heterocycles. The number of ether oxygens (including phenoxy) is 1. The van der Waals surface area contributed by atoms with Crippen LogP contribution in [0.2, 0.25) is 0 Å². The molecule has 112 valence electrons. The SMILES string of the molecule is CCNC(C)c1cc(Br)ccc1N(C)C1CCOCC1. The molecule has 2 rings (SSSR count). The number of nitrogens with one attached hydrogen (secondary N) is 1. The Balaban J connectivity index is 2.24. The van der Waals surface area contributed by atoms with Crippen molar-refractivity contribution in [3.63, 3.8) is 0 Å². The normalized spacial score (nSPS) is 18.0. The maximum atomic E-state index is 5.47. The molecule has 1 aliphatic rings. The summed E-state index contributed by atoms with van der Waals surface area (Å²) in [7, 11) is 2.21. The topological polar surface area (TPSA) is 24.5 Å². The van der Waals surface area contributed by atoms with Crippen molar-refractivity contribution in [1.29, 1.82) is 0 Å². The minimum absolute atomic E-state index is 0.356. The van der Waals surface area contributed by atoms with Crippen molar-refractivity contribution in [3.8, 4) is 0 Å². The molecule has 4 heteroatoms. The van der Waals surface area contributed by atoms with Crippen LogP contribution in [-0.4, -0.2) is 32.8 Å². The Morgan fingerprint density at radius 3 is 2.75 bits per heavy atom. The van der Waals surface area contributed by atoms with Crippen LogP contribution < -0.4 is 10.2 Å². The Hall–Kier alpha value is -0.580. The first kappa shape index (κ1) is 15.8. The van der Waals surface area contributed by atoms with Gasteiger partial charge in [0, 0.05) is 42.5 Å². The predicted molar refractivity (Wildman–Crippen MR) is 88.5 cm³/mol. The Morgan fingerprint density at radius 1 is 1.40 bits per heavy atom. The number of nitrogens with zero attached hydrogens (tertiary/aromatic N) is 1. The van der Waals surface area contributed by atoms with Crippen LogP contribution in [0.4, 0.5) is 5.69 Å². The maximum absolute atomic E-state index is 5.47. The highest BCUT2D eigenvalue weighted by molar-refractivity contribution is 9.10. The van der Waals surface area contributed by atoms with Crippen molar-refractivity contribution in [3.05, 3.63) is 28.2 Å². The van der Waals surface area contributed by atoms with Gasteiger partial charge < -0.3 is 15.0 Å². The number of hydrogen-bond acceptors (Lipinski definition) is 3. The lowest BCUT2D eigenvalue weighted by Gasteiger charge is -2.35. The van der Waals surface area contributed by atoms with Crippen molar-refractivity contribution in [2.75, 3.05) is 31.7 Å². The lowest BCUT2D eigenvalue weighted by molar-refractivity contribution is 0.0854. The van der Waals surface area contributed by atoms with Gasteiger partial charge in [-0.05, 0) is 50.1 Å². The van der Waals surface area contributed by atoms with Crippen molar-refractivity contribution in [1.82, 2.24) is 5.32 Å². The van der Waals surface area contributed by atoms with Gasteiger partial charge in [0.25, 0.3) is 0 Å². The average molecular weight is 341 g/mol. The first-order valence-corrected chi connectivity index (χ1v) is 8.26. The van der Waals surface area contributed by atoms with Crippen LogP contribution in [0.15, 0.2) is 22.7 Å². The number of benzene rings is 1. The molecule has 1 aliphatic heterocycles. The molecule has 1 aromatic rings. The fourth-order valence-corrected chi connectivity index (χ4v) is 3.26. The third kappa shape index (κ3) is 3.74. The molecule has 3 nitrogen and oxygen atoms in total. The summed E-state index contributed by atoms with van der Waals surface area (Å²) in [4.78, 5) is 2.43. The van der Waals surface area contributed by atoms with Gasteiger partial charge >= 0.3 is 0 Å². The first-order chi connectivity index (χ1) is 9.63. The van der Waals surface area contributed by atoms with Crippen molar-refractivity contribution < 1.29 is 4.74 Å². The molecule has 0 radical (unpaired) electrons. The van der Waals surface area contributed by atoms with E-state index in [0.717, 1.165) is 37.1 Å². The highest BCUT2D eigenvalue weighted by atomic mass is 79.9. The number of hydrogen-bond donors (Lipinski definition) is 1. The fraction of sp³-hybridized carbons (Fsp3) is 0.625. The van der Waals surface area contributed by atoms with Crippen LogP contribution in [0.5, 0.6) is 0 Å². The first-order valence-electron chi connectivity index (χ1n) is 7.47. The Labute approximate surface area is 130 Å². The van der Waals surface area contributed by atoms with Gasteiger partial charge in [-0.2, -0.15) is 0 Å². The molecule has 0 aliphatic carbocycles. The van der Waals surface area contributed by atoms with E-state index in [9.17, 15) is 0 Å². The maximum Gasteiger partial charge on any atom is 0.0485 e. The van der Waals surface area contributed by atoms with Crippen LogP contribution in [0.25, 0.3) is 0 Å². The van der Waals surface area contributed by atoms with Gasteiger partial charge in [-0.15, -0.1) is 0 Å².